The number of furan rings is 1. The van der Waals surface area contributed by atoms with Gasteiger partial charge in [0.25, 0.3) is 0 Å². The largest absolute Gasteiger partial charge is 0.486 e. The molecule has 0 saturated heterocycles. The number of carbonyl (C=O) groups excluding carboxylic acids is 1. The summed E-state index contributed by atoms with van der Waals surface area (Å²) >= 11 is 0. The molecule has 3 aromatic carbocycles. The van der Waals surface area contributed by atoms with Crippen LogP contribution in [0.1, 0.15) is 38.8 Å². The van der Waals surface area contributed by atoms with Gasteiger partial charge < -0.3 is 18.3 Å². The zero-order valence-corrected chi connectivity index (χ0v) is 23.0. The van der Waals surface area contributed by atoms with Crippen molar-refractivity contribution in [1.29, 1.82) is 0 Å². The molecule has 3 heterocycles. The highest BCUT2D eigenvalue weighted by molar-refractivity contribution is 6.00. The number of rotatable bonds is 9. The first-order valence-corrected chi connectivity index (χ1v) is 13.5. The second kappa shape index (κ2) is 11.4. The van der Waals surface area contributed by atoms with Gasteiger partial charge >= 0.3 is 5.91 Å². The van der Waals surface area contributed by atoms with Gasteiger partial charge in [-0.15, -0.1) is 0 Å². The molecule has 1 N–H and O–H groups in total. The van der Waals surface area contributed by atoms with Crippen LogP contribution >= 0.6 is 0 Å². The van der Waals surface area contributed by atoms with Crippen molar-refractivity contribution in [2.45, 2.75) is 27.0 Å². The Morgan fingerprint density at radius 3 is 2.39 bits per heavy atom. The van der Waals surface area contributed by atoms with Crippen molar-refractivity contribution in [3.05, 3.63) is 143 Å². The second-order valence-electron chi connectivity index (χ2n) is 9.91. The van der Waals surface area contributed by atoms with Gasteiger partial charge in [-0.1, -0.05) is 48.5 Å². The molecule has 3 aromatic heterocycles. The molecule has 6 aromatic rings. The lowest BCUT2D eigenvalue weighted by molar-refractivity contribution is 0.0923. The van der Waals surface area contributed by atoms with E-state index in [2.05, 4.69) is 69.9 Å². The molecule has 0 unspecified atom stereocenters. The molecule has 0 aliphatic heterocycles. The molecule has 0 aliphatic carbocycles. The number of aryl methyl sites for hydroxylation is 2. The van der Waals surface area contributed by atoms with E-state index in [1.165, 1.54) is 17.0 Å². The summed E-state index contributed by atoms with van der Waals surface area (Å²) in [6.07, 6.45) is 3.71. The normalized spacial score (nSPS) is 11.4. The van der Waals surface area contributed by atoms with Crippen LogP contribution in [-0.2, 0) is 13.2 Å². The van der Waals surface area contributed by atoms with E-state index < -0.39 is 5.91 Å². The zero-order valence-electron chi connectivity index (χ0n) is 23.0. The second-order valence-corrected chi connectivity index (χ2v) is 9.91. The maximum absolute atomic E-state index is 12.7. The quantitative estimate of drug-likeness (QED) is 0.157. The summed E-state index contributed by atoms with van der Waals surface area (Å²) in [5.74, 6) is 1.00. The highest BCUT2D eigenvalue weighted by Crippen LogP contribution is 2.22. The molecule has 0 bridgehead atoms. The van der Waals surface area contributed by atoms with E-state index in [1.807, 2.05) is 60.8 Å². The number of hydrogen-bond acceptors (Lipinski definition) is 4. The van der Waals surface area contributed by atoms with Crippen LogP contribution in [0.25, 0.3) is 16.6 Å². The van der Waals surface area contributed by atoms with Crippen LogP contribution < -0.4 is 10.2 Å². The summed E-state index contributed by atoms with van der Waals surface area (Å²) in [4.78, 5) is 12.7. The molecular formula is C34H30N4O3. The van der Waals surface area contributed by atoms with Crippen LogP contribution in [0.2, 0.25) is 0 Å². The van der Waals surface area contributed by atoms with E-state index in [1.54, 1.807) is 18.3 Å². The molecule has 0 spiro atoms. The number of aromatic nitrogens is 2. The van der Waals surface area contributed by atoms with E-state index in [0.29, 0.717) is 5.76 Å². The summed E-state index contributed by atoms with van der Waals surface area (Å²) in [7, 11) is 0. The van der Waals surface area contributed by atoms with Crippen LogP contribution in [0.4, 0.5) is 0 Å². The molecule has 0 aliphatic rings. The zero-order chi connectivity index (χ0) is 28.2. The molecule has 1 amide bonds. The highest BCUT2D eigenvalue weighted by Gasteiger charge is 2.12. The van der Waals surface area contributed by atoms with E-state index in [4.69, 9.17) is 9.15 Å². The number of benzene rings is 3. The summed E-state index contributed by atoms with van der Waals surface area (Å²) in [5.41, 5.74) is 9.23. The van der Waals surface area contributed by atoms with Gasteiger partial charge in [0, 0.05) is 46.3 Å². The standard InChI is InChI=1S/C34H30N4O3/c1-24-12-13-25(2)38(24)28-14-16-29(17-15-28)40-23-30-18-19-33(41-30)34(39)36-35-20-27-22-37(21-26-8-4-3-5-9-26)32-11-7-6-10-31(27)32/h3-20,22H,21,23H2,1-2H3,(H,36,39)/b35-20+. The van der Waals surface area contributed by atoms with Gasteiger partial charge in [-0.05, 0) is 74.0 Å². The number of hydrazone groups is 1. The third-order valence-electron chi connectivity index (χ3n) is 7.02. The van der Waals surface area contributed by atoms with E-state index in [-0.39, 0.29) is 12.4 Å². The fraction of sp³-hybridized carbons (Fsp3) is 0.118. The monoisotopic (exact) mass is 542 g/mol. The van der Waals surface area contributed by atoms with Crippen LogP contribution in [-0.4, -0.2) is 21.3 Å². The van der Waals surface area contributed by atoms with E-state index in [9.17, 15) is 4.79 Å². The summed E-state index contributed by atoms with van der Waals surface area (Å²) < 4.78 is 16.0. The highest BCUT2D eigenvalue weighted by atomic mass is 16.5. The van der Waals surface area contributed by atoms with E-state index in [0.717, 1.165) is 34.4 Å². The van der Waals surface area contributed by atoms with Gasteiger partial charge in [-0.2, -0.15) is 5.10 Å². The number of hydrogen-bond donors (Lipinski definition) is 1. The molecule has 41 heavy (non-hydrogen) atoms. The van der Waals surface area contributed by atoms with Crippen molar-refractivity contribution in [3.8, 4) is 11.4 Å². The molecule has 7 heteroatoms. The fourth-order valence-corrected chi connectivity index (χ4v) is 5.00. The number of carbonyl (C=O) groups is 1. The minimum Gasteiger partial charge on any atom is -0.486 e. The molecule has 0 saturated carbocycles. The van der Waals surface area contributed by atoms with Gasteiger partial charge in [-0.25, -0.2) is 5.43 Å². The fourth-order valence-electron chi connectivity index (χ4n) is 5.00. The average molecular weight is 543 g/mol. The topological polar surface area (TPSA) is 73.7 Å². The Kier molecular flexibility index (Phi) is 7.24. The lowest BCUT2D eigenvalue weighted by Gasteiger charge is -2.10. The first kappa shape index (κ1) is 26.0. The van der Waals surface area contributed by atoms with Gasteiger partial charge in [0.15, 0.2) is 5.76 Å². The Morgan fingerprint density at radius 2 is 1.61 bits per heavy atom. The van der Waals surface area contributed by atoms with Crippen molar-refractivity contribution < 1.29 is 13.9 Å². The molecule has 7 nitrogen and oxygen atoms in total. The molecule has 0 atom stereocenters. The van der Waals surface area contributed by atoms with E-state index >= 15 is 0 Å². The maximum atomic E-state index is 12.7. The van der Waals surface area contributed by atoms with Crippen molar-refractivity contribution in [3.63, 3.8) is 0 Å². The number of fused-ring (bicyclic) bond motifs is 1. The summed E-state index contributed by atoms with van der Waals surface area (Å²) in [5, 5.41) is 5.26. The van der Waals surface area contributed by atoms with Gasteiger partial charge in [-0.3, -0.25) is 4.79 Å². The predicted octanol–water partition coefficient (Wildman–Crippen LogP) is 7.03. The number of nitrogens with zero attached hydrogens (tertiary/aromatic N) is 3. The number of para-hydroxylation sites is 1. The first-order valence-electron chi connectivity index (χ1n) is 13.5. The Balaban J connectivity index is 1.07. The number of amides is 1. The summed E-state index contributed by atoms with van der Waals surface area (Å²) in [6, 6.07) is 33.9. The molecular weight excluding hydrogens is 512 g/mol. The van der Waals surface area contributed by atoms with Crippen molar-refractivity contribution in [2.75, 3.05) is 0 Å². The summed E-state index contributed by atoms with van der Waals surface area (Å²) in [6.45, 7) is 5.12. The minimum atomic E-state index is -0.428. The molecule has 0 radical (unpaired) electrons. The lowest BCUT2D eigenvalue weighted by Crippen LogP contribution is -2.16. The molecule has 204 valence electrons. The van der Waals surface area contributed by atoms with Crippen molar-refractivity contribution in [2.24, 2.45) is 5.10 Å². The Hall–Kier alpha value is -5.30. The van der Waals surface area contributed by atoms with Crippen LogP contribution in [0.5, 0.6) is 5.75 Å². The lowest BCUT2D eigenvalue weighted by atomic mass is 10.2. The third-order valence-corrected chi connectivity index (χ3v) is 7.02. The predicted molar refractivity (Wildman–Crippen MR) is 161 cm³/mol. The molecule has 6 rings (SSSR count). The smallest absolute Gasteiger partial charge is 0.307 e. The van der Waals surface area contributed by atoms with Gasteiger partial charge in [0.1, 0.15) is 18.1 Å². The Bertz CT molecular complexity index is 1810. The van der Waals surface area contributed by atoms with Crippen molar-refractivity contribution in [1.82, 2.24) is 14.6 Å². The maximum Gasteiger partial charge on any atom is 0.307 e. The number of ether oxygens (including phenoxy) is 1. The van der Waals surface area contributed by atoms with Gasteiger partial charge in [0.2, 0.25) is 0 Å². The third kappa shape index (κ3) is 5.70. The van der Waals surface area contributed by atoms with Crippen LogP contribution in [0.3, 0.4) is 0 Å². The van der Waals surface area contributed by atoms with Gasteiger partial charge in [0.05, 0.1) is 6.21 Å². The van der Waals surface area contributed by atoms with Crippen molar-refractivity contribution >= 4 is 23.0 Å². The Morgan fingerprint density at radius 1 is 0.878 bits per heavy atom. The average Bonchev–Trinajstić information content (AvgIpc) is 3.71. The SMILES string of the molecule is Cc1ccc(C)n1-c1ccc(OCc2ccc(C(=O)N/N=C/c3cn(Cc4ccccc4)c4ccccc34)o2)cc1. The minimum absolute atomic E-state index is 0.168. The van der Waals surface area contributed by atoms with Crippen LogP contribution in [0.15, 0.2) is 119 Å². The van der Waals surface area contributed by atoms with Crippen LogP contribution in [0, 0.1) is 13.8 Å². The Labute approximate surface area is 238 Å². The first-order chi connectivity index (χ1) is 20.0. The molecule has 0 fully saturated rings. The number of nitrogens with one attached hydrogen (secondary N) is 1.